The molecule has 1 saturated carbocycles. The SMILES string of the molecule is COc1ccc(C)cc1-c1c(F)ccc2c(N)c3c(nc12)CN(C1CC1)C3=O. The van der Waals surface area contributed by atoms with Crippen LogP contribution in [0.15, 0.2) is 30.3 Å². The van der Waals surface area contributed by atoms with Gasteiger partial charge in [-0.3, -0.25) is 4.79 Å². The van der Waals surface area contributed by atoms with Gasteiger partial charge in [0.05, 0.1) is 36.1 Å². The normalized spacial score (nSPS) is 16.0. The van der Waals surface area contributed by atoms with E-state index in [0.717, 1.165) is 18.4 Å². The van der Waals surface area contributed by atoms with E-state index in [1.54, 1.807) is 13.2 Å². The molecule has 0 spiro atoms. The van der Waals surface area contributed by atoms with Gasteiger partial charge in [0.25, 0.3) is 5.91 Å². The number of nitrogens with zero attached hydrogens (tertiary/aromatic N) is 2. The lowest BCUT2D eigenvalue weighted by Crippen LogP contribution is -2.26. The van der Waals surface area contributed by atoms with E-state index in [1.807, 2.05) is 30.0 Å². The van der Waals surface area contributed by atoms with Crippen molar-refractivity contribution in [2.45, 2.75) is 32.4 Å². The summed E-state index contributed by atoms with van der Waals surface area (Å²) in [6, 6.07) is 8.87. The maximum atomic E-state index is 15.0. The topological polar surface area (TPSA) is 68.5 Å². The molecule has 5 rings (SSSR count). The van der Waals surface area contributed by atoms with Gasteiger partial charge in [-0.25, -0.2) is 9.37 Å². The Morgan fingerprint density at radius 2 is 2.00 bits per heavy atom. The summed E-state index contributed by atoms with van der Waals surface area (Å²) in [6.07, 6.45) is 2.03. The van der Waals surface area contributed by atoms with Crippen molar-refractivity contribution in [2.75, 3.05) is 12.8 Å². The maximum absolute atomic E-state index is 15.0. The highest BCUT2D eigenvalue weighted by atomic mass is 19.1. The van der Waals surface area contributed by atoms with Crippen molar-refractivity contribution in [3.63, 3.8) is 0 Å². The number of nitrogen functional groups attached to an aromatic ring is 1. The Bertz CT molecular complexity index is 1150. The molecule has 1 amide bonds. The molecule has 5 nitrogen and oxygen atoms in total. The van der Waals surface area contributed by atoms with Crippen LogP contribution in [0.5, 0.6) is 5.75 Å². The summed E-state index contributed by atoms with van der Waals surface area (Å²) in [4.78, 5) is 19.4. The second-order valence-electron chi connectivity index (χ2n) is 7.53. The van der Waals surface area contributed by atoms with Crippen LogP contribution in [0.3, 0.4) is 0 Å². The number of anilines is 1. The fourth-order valence-electron chi connectivity index (χ4n) is 4.07. The molecule has 6 heteroatoms. The molecule has 0 unspecified atom stereocenters. The van der Waals surface area contributed by atoms with Crippen LogP contribution in [0.4, 0.5) is 10.1 Å². The molecule has 1 fully saturated rings. The highest BCUT2D eigenvalue weighted by molar-refractivity contribution is 6.11. The Morgan fingerprint density at radius 1 is 1.21 bits per heavy atom. The molecule has 0 radical (unpaired) electrons. The fraction of sp³-hybridized carbons (Fsp3) is 0.273. The summed E-state index contributed by atoms with van der Waals surface area (Å²) in [7, 11) is 1.56. The number of amides is 1. The summed E-state index contributed by atoms with van der Waals surface area (Å²) < 4.78 is 20.5. The zero-order valence-corrected chi connectivity index (χ0v) is 15.8. The monoisotopic (exact) mass is 377 g/mol. The third-order valence-corrected chi connectivity index (χ3v) is 5.63. The number of hydrogen-bond donors (Lipinski definition) is 1. The minimum atomic E-state index is -0.397. The van der Waals surface area contributed by atoms with Crippen LogP contribution in [0.25, 0.3) is 22.0 Å². The maximum Gasteiger partial charge on any atom is 0.258 e. The van der Waals surface area contributed by atoms with Gasteiger partial charge < -0.3 is 15.4 Å². The van der Waals surface area contributed by atoms with Gasteiger partial charge in [0.15, 0.2) is 0 Å². The summed E-state index contributed by atoms with van der Waals surface area (Å²) in [5.41, 5.74) is 10.3. The molecular formula is C22H20FN3O2. The first-order valence-electron chi connectivity index (χ1n) is 9.36. The number of ether oxygens (including phenoxy) is 1. The van der Waals surface area contributed by atoms with Crippen LogP contribution in [0.1, 0.15) is 34.5 Å². The fourth-order valence-corrected chi connectivity index (χ4v) is 4.07. The quantitative estimate of drug-likeness (QED) is 0.747. The molecule has 1 aliphatic heterocycles. The van der Waals surface area contributed by atoms with Gasteiger partial charge >= 0.3 is 0 Å². The molecule has 1 aromatic heterocycles. The molecule has 1 aliphatic carbocycles. The molecule has 2 aromatic carbocycles. The van der Waals surface area contributed by atoms with Crippen LogP contribution in [-0.4, -0.2) is 28.9 Å². The van der Waals surface area contributed by atoms with Gasteiger partial charge in [-0.2, -0.15) is 0 Å². The Balaban J connectivity index is 1.80. The minimum absolute atomic E-state index is 0.0663. The molecule has 2 heterocycles. The van der Waals surface area contributed by atoms with Crippen molar-refractivity contribution in [3.8, 4) is 16.9 Å². The van der Waals surface area contributed by atoms with Crippen LogP contribution in [0, 0.1) is 12.7 Å². The van der Waals surface area contributed by atoms with Gasteiger partial charge in [-0.15, -0.1) is 0 Å². The first kappa shape index (κ1) is 17.0. The van der Waals surface area contributed by atoms with Crippen molar-refractivity contribution in [2.24, 2.45) is 0 Å². The third kappa shape index (κ3) is 2.37. The summed E-state index contributed by atoms with van der Waals surface area (Å²) in [5.74, 6) is 0.101. The number of carbonyl (C=O) groups is 1. The second kappa shape index (κ2) is 5.92. The Kier molecular flexibility index (Phi) is 3.59. The first-order chi connectivity index (χ1) is 13.5. The van der Waals surface area contributed by atoms with Crippen molar-refractivity contribution in [3.05, 3.63) is 53.0 Å². The van der Waals surface area contributed by atoms with E-state index in [0.29, 0.717) is 51.3 Å². The van der Waals surface area contributed by atoms with Crippen molar-refractivity contribution in [1.29, 1.82) is 0 Å². The van der Waals surface area contributed by atoms with Gasteiger partial charge in [-0.1, -0.05) is 11.6 Å². The number of fused-ring (bicyclic) bond motifs is 2. The highest BCUT2D eigenvalue weighted by Gasteiger charge is 2.40. The predicted octanol–water partition coefficient (Wildman–Crippen LogP) is 4.06. The zero-order valence-electron chi connectivity index (χ0n) is 15.8. The highest BCUT2D eigenvalue weighted by Crippen LogP contribution is 2.42. The molecule has 3 aromatic rings. The lowest BCUT2D eigenvalue weighted by atomic mass is 9.96. The Morgan fingerprint density at radius 3 is 2.71 bits per heavy atom. The number of aromatic nitrogens is 1. The number of rotatable bonds is 3. The van der Waals surface area contributed by atoms with Crippen LogP contribution in [0.2, 0.25) is 0 Å². The first-order valence-corrected chi connectivity index (χ1v) is 9.36. The van der Waals surface area contributed by atoms with Crippen LogP contribution < -0.4 is 10.5 Å². The third-order valence-electron chi connectivity index (χ3n) is 5.63. The molecular weight excluding hydrogens is 357 g/mol. The van der Waals surface area contributed by atoms with E-state index in [2.05, 4.69) is 0 Å². The second-order valence-corrected chi connectivity index (χ2v) is 7.53. The van der Waals surface area contributed by atoms with E-state index < -0.39 is 5.82 Å². The average Bonchev–Trinajstić information content (AvgIpc) is 3.45. The van der Waals surface area contributed by atoms with E-state index in [4.69, 9.17) is 15.5 Å². The van der Waals surface area contributed by atoms with Gasteiger partial charge in [0.2, 0.25) is 0 Å². The van der Waals surface area contributed by atoms with Gasteiger partial charge in [0.1, 0.15) is 11.6 Å². The number of benzene rings is 2. The van der Waals surface area contributed by atoms with E-state index >= 15 is 4.39 Å². The lowest BCUT2D eigenvalue weighted by Gasteiger charge is -2.15. The van der Waals surface area contributed by atoms with Crippen molar-refractivity contribution in [1.82, 2.24) is 9.88 Å². The number of hydrogen-bond acceptors (Lipinski definition) is 4. The zero-order chi connectivity index (χ0) is 19.6. The van der Waals surface area contributed by atoms with Gasteiger partial charge in [0, 0.05) is 22.6 Å². The lowest BCUT2D eigenvalue weighted by molar-refractivity contribution is 0.0767. The predicted molar refractivity (Wildman–Crippen MR) is 106 cm³/mol. The largest absolute Gasteiger partial charge is 0.496 e. The number of pyridine rings is 1. The Labute approximate surface area is 161 Å². The molecule has 0 atom stereocenters. The average molecular weight is 377 g/mol. The molecule has 2 N–H and O–H groups in total. The van der Waals surface area contributed by atoms with Crippen molar-refractivity contribution < 1.29 is 13.9 Å². The number of methoxy groups -OCH3 is 1. The summed E-state index contributed by atoms with van der Waals surface area (Å²) in [5, 5.41) is 0.588. The van der Waals surface area contributed by atoms with E-state index in [-0.39, 0.29) is 11.9 Å². The number of carbonyl (C=O) groups excluding carboxylic acids is 1. The van der Waals surface area contributed by atoms with Gasteiger partial charge in [-0.05, 0) is 44.0 Å². The standard InChI is InChI=1S/C22H20FN3O2/c1-11-3-8-17(28-2)14(9-11)18-15(23)7-6-13-20(24)19-16(25-21(13)18)10-26(22(19)27)12-4-5-12/h3,6-9,12H,4-5,10H2,1-2H3,(H2,24,25). The molecule has 28 heavy (non-hydrogen) atoms. The number of halogens is 1. The molecule has 142 valence electrons. The molecule has 0 bridgehead atoms. The summed E-state index contributed by atoms with van der Waals surface area (Å²) >= 11 is 0. The van der Waals surface area contributed by atoms with Crippen LogP contribution in [-0.2, 0) is 6.54 Å². The summed E-state index contributed by atoms with van der Waals surface area (Å²) in [6.45, 7) is 2.37. The van der Waals surface area contributed by atoms with Crippen molar-refractivity contribution >= 4 is 22.5 Å². The molecule has 2 aliphatic rings. The van der Waals surface area contributed by atoms with Crippen LogP contribution >= 0.6 is 0 Å². The van der Waals surface area contributed by atoms with E-state index in [1.165, 1.54) is 6.07 Å². The number of nitrogens with two attached hydrogens (primary N) is 1. The number of aryl methyl sites for hydroxylation is 1. The smallest absolute Gasteiger partial charge is 0.258 e. The van der Waals surface area contributed by atoms with E-state index in [9.17, 15) is 4.79 Å². The Hall–Kier alpha value is -3.15. The minimum Gasteiger partial charge on any atom is -0.496 e. The molecule has 0 saturated heterocycles.